The van der Waals surface area contributed by atoms with Gasteiger partial charge in [-0.3, -0.25) is 14.4 Å². The van der Waals surface area contributed by atoms with Gasteiger partial charge in [-0.15, -0.1) is 0 Å². The molecule has 3 rings (SSSR count). The van der Waals surface area contributed by atoms with Crippen molar-refractivity contribution in [1.29, 1.82) is 0 Å². The number of carbonyl (C=O) groups is 2. The van der Waals surface area contributed by atoms with Crippen molar-refractivity contribution in [2.24, 2.45) is 7.05 Å². The number of aryl methyl sites for hydroxylation is 1. The van der Waals surface area contributed by atoms with E-state index in [4.69, 9.17) is 4.74 Å². The molecule has 1 unspecified atom stereocenters. The van der Waals surface area contributed by atoms with Crippen LogP contribution in [0.3, 0.4) is 0 Å². The first-order valence-corrected chi connectivity index (χ1v) is 8.66. The summed E-state index contributed by atoms with van der Waals surface area (Å²) in [6.45, 7) is 5.62. The zero-order valence-electron chi connectivity index (χ0n) is 14.8. The minimum absolute atomic E-state index is 0.00559. The van der Waals surface area contributed by atoms with Gasteiger partial charge in [-0.1, -0.05) is 0 Å². The van der Waals surface area contributed by atoms with Gasteiger partial charge >= 0.3 is 6.09 Å². The van der Waals surface area contributed by atoms with Gasteiger partial charge < -0.3 is 19.9 Å². The summed E-state index contributed by atoms with van der Waals surface area (Å²) in [5.74, 6) is 0.683. The number of amides is 2. The molecule has 1 atom stereocenters. The van der Waals surface area contributed by atoms with Crippen molar-refractivity contribution < 1.29 is 14.3 Å². The number of ether oxygens (including phenoxy) is 1. The number of carbonyl (C=O) groups excluding carboxylic acids is 2. The Kier molecular flexibility index (Phi) is 5.54. The molecular formula is C16H26N6O3. The minimum atomic E-state index is -0.403. The third-order valence-electron chi connectivity index (χ3n) is 4.72. The van der Waals surface area contributed by atoms with E-state index in [0.29, 0.717) is 25.3 Å². The summed E-state index contributed by atoms with van der Waals surface area (Å²) in [7, 11) is 3.89. The average molecular weight is 350 g/mol. The van der Waals surface area contributed by atoms with E-state index < -0.39 is 6.09 Å². The van der Waals surface area contributed by atoms with Crippen LogP contribution < -0.4 is 10.2 Å². The van der Waals surface area contributed by atoms with Crippen LogP contribution in [-0.4, -0.2) is 90.5 Å². The maximum Gasteiger partial charge on any atom is 0.416 e. The van der Waals surface area contributed by atoms with Gasteiger partial charge in [0.2, 0.25) is 5.91 Å². The number of hydrogen-bond acceptors (Lipinski definition) is 6. The van der Waals surface area contributed by atoms with E-state index in [1.54, 1.807) is 24.0 Å². The highest BCUT2D eigenvalue weighted by atomic mass is 16.6. The van der Waals surface area contributed by atoms with Crippen LogP contribution in [0.15, 0.2) is 12.3 Å². The van der Waals surface area contributed by atoms with Crippen molar-refractivity contribution in [3.05, 3.63) is 12.3 Å². The molecule has 0 saturated carbocycles. The monoisotopic (exact) mass is 350 g/mol. The summed E-state index contributed by atoms with van der Waals surface area (Å²) in [5.41, 5.74) is 0. The highest BCUT2D eigenvalue weighted by Crippen LogP contribution is 2.20. The molecule has 138 valence electrons. The van der Waals surface area contributed by atoms with Gasteiger partial charge in [0.05, 0.1) is 19.3 Å². The molecule has 1 aromatic rings. The van der Waals surface area contributed by atoms with E-state index in [0.717, 1.165) is 32.7 Å². The van der Waals surface area contributed by atoms with Gasteiger partial charge in [0, 0.05) is 52.3 Å². The fraction of sp³-hybridized carbons (Fsp3) is 0.688. The molecule has 0 spiro atoms. The van der Waals surface area contributed by atoms with Crippen molar-refractivity contribution in [3.8, 4) is 0 Å². The van der Waals surface area contributed by atoms with Gasteiger partial charge in [-0.2, -0.15) is 5.10 Å². The van der Waals surface area contributed by atoms with Crippen molar-refractivity contribution in [2.45, 2.75) is 12.5 Å². The Bertz CT molecular complexity index is 611. The first-order valence-electron chi connectivity index (χ1n) is 8.66. The lowest BCUT2D eigenvalue weighted by Gasteiger charge is -2.32. The molecule has 0 aliphatic carbocycles. The Labute approximate surface area is 147 Å². The van der Waals surface area contributed by atoms with Crippen LogP contribution in [0.2, 0.25) is 0 Å². The number of cyclic esters (lactones) is 1. The molecule has 25 heavy (non-hydrogen) atoms. The Morgan fingerprint density at radius 2 is 2.08 bits per heavy atom. The second-order valence-electron chi connectivity index (χ2n) is 6.63. The predicted octanol–water partition coefficient (Wildman–Crippen LogP) is -0.501. The molecule has 2 aliphatic rings. The van der Waals surface area contributed by atoms with Gasteiger partial charge in [-0.05, 0) is 7.05 Å². The highest BCUT2D eigenvalue weighted by molar-refractivity contribution is 5.88. The number of likely N-dealkylation sites (N-methyl/N-ethyl adjacent to an activating group) is 1. The van der Waals surface area contributed by atoms with Gasteiger partial charge in [-0.25, -0.2) is 4.79 Å². The molecular weight excluding hydrogens is 324 g/mol. The van der Waals surface area contributed by atoms with E-state index in [9.17, 15) is 9.59 Å². The SMILES string of the molecule is CN1CCN(CCC(=O)NCC2CN(c3ccnn3C)C(=O)O2)CC1. The summed E-state index contributed by atoms with van der Waals surface area (Å²) >= 11 is 0. The molecule has 2 fully saturated rings. The molecule has 2 aliphatic heterocycles. The maximum atomic E-state index is 12.0. The quantitative estimate of drug-likeness (QED) is 0.745. The summed E-state index contributed by atoms with van der Waals surface area (Å²) in [5, 5.41) is 6.93. The number of nitrogens with zero attached hydrogens (tertiary/aromatic N) is 5. The molecule has 0 radical (unpaired) electrons. The summed E-state index contributed by atoms with van der Waals surface area (Å²) in [6, 6.07) is 1.76. The van der Waals surface area contributed by atoms with Crippen LogP contribution in [0.25, 0.3) is 0 Å². The first-order chi connectivity index (χ1) is 12.0. The second-order valence-corrected chi connectivity index (χ2v) is 6.63. The standard InChI is InChI=1S/C16H26N6O3/c1-19-7-9-21(10-8-19)6-4-14(23)17-11-13-12-22(16(24)25-13)15-3-5-18-20(15)2/h3,5,13H,4,6-12H2,1-2H3,(H,17,23). The highest BCUT2D eigenvalue weighted by Gasteiger charge is 2.33. The molecule has 2 amide bonds. The Morgan fingerprint density at radius 1 is 1.32 bits per heavy atom. The van der Waals surface area contributed by atoms with Crippen LogP contribution in [0.1, 0.15) is 6.42 Å². The number of nitrogens with one attached hydrogen (secondary N) is 1. The molecule has 2 saturated heterocycles. The van der Waals surface area contributed by atoms with Gasteiger partial charge in [0.15, 0.2) is 0 Å². The number of piperazine rings is 1. The van der Waals surface area contributed by atoms with Gasteiger partial charge in [0.25, 0.3) is 0 Å². The van der Waals surface area contributed by atoms with Crippen LogP contribution in [-0.2, 0) is 16.6 Å². The van der Waals surface area contributed by atoms with Crippen molar-refractivity contribution in [2.75, 3.05) is 57.8 Å². The third kappa shape index (κ3) is 4.49. The fourth-order valence-electron chi connectivity index (χ4n) is 3.09. The Hall–Kier alpha value is -2.13. The predicted molar refractivity (Wildman–Crippen MR) is 92.4 cm³/mol. The minimum Gasteiger partial charge on any atom is -0.442 e. The lowest BCUT2D eigenvalue weighted by atomic mass is 10.3. The van der Waals surface area contributed by atoms with Crippen molar-refractivity contribution in [3.63, 3.8) is 0 Å². The normalized spacial score (nSPS) is 22.2. The number of aromatic nitrogens is 2. The van der Waals surface area contributed by atoms with E-state index in [-0.39, 0.29) is 12.0 Å². The summed E-state index contributed by atoms with van der Waals surface area (Å²) < 4.78 is 6.95. The Balaban J connectivity index is 1.38. The lowest BCUT2D eigenvalue weighted by Crippen LogP contribution is -2.45. The first kappa shape index (κ1) is 17.7. The maximum absolute atomic E-state index is 12.0. The van der Waals surface area contributed by atoms with Gasteiger partial charge in [0.1, 0.15) is 11.9 Å². The lowest BCUT2D eigenvalue weighted by molar-refractivity contribution is -0.121. The molecule has 3 heterocycles. The van der Waals surface area contributed by atoms with Crippen molar-refractivity contribution in [1.82, 2.24) is 24.9 Å². The van der Waals surface area contributed by atoms with E-state index >= 15 is 0 Å². The summed E-state index contributed by atoms with van der Waals surface area (Å²) in [6.07, 6.45) is 1.36. The molecule has 9 nitrogen and oxygen atoms in total. The summed E-state index contributed by atoms with van der Waals surface area (Å²) in [4.78, 5) is 30.1. The van der Waals surface area contributed by atoms with E-state index in [2.05, 4.69) is 27.3 Å². The van der Waals surface area contributed by atoms with Crippen LogP contribution in [0.5, 0.6) is 0 Å². The van der Waals surface area contributed by atoms with Crippen LogP contribution >= 0.6 is 0 Å². The van der Waals surface area contributed by atoms with Crippen LogP contribution in [0.4, 0.5) is 10.6 Å². The number of anilines is 1. The second kappa shape index (κ2) is 7.83. The molecule has 1 aromatic heterocycles. The molecule has 1 N–H and O–H groups in total. The van der Waals surface area contributed by atoms with Crippen LogP contribution in [0, 0.1) is 0 Å². The topological polar surface area (TPSA) is 82.9 Å². The number of hydrogen-bond donors (Lipinski definition) is 1. The fourth-order valence-corrected chi connectivity index (χ4v) is 3.09. The molecule has 0 aromatic carbocycles. The van der Waals surface area contributed by atoms with E-state index in [1.807, 2.05) is 0 Å². The number of rotatable bonds is 6. The molecule has 0 bridgehead atoms. The average Bonchev–Trinajstić information content (AvgIpc) is 3.17. The third-order valence-corrected chi connectivity index (χ3v) is 4.72. The van der Waals surface area contributed by atoms with Crippen molar-refractivity contribution >= 4 is 17.8 Å². The zero-order chi connectivity index (χ0) is 17.8. The van der Waals surface area contributed by atoms with E-state index in [1.165, 1.54) is 4.90 Å². The zero-order valence-corrected chi connectivity index (χ0v) is 14.8. The molecule has 9 heteroatoms. The smallest absolute Gasteiger partial charge is 0.416 e. The Morgan fingerprint density at radius 3 is 2.76 bits per heavy atom. The largest absolute Gasteiger partial charge is 0.442 e.